The lowest BCUT2D eigenvalue weighted by atomic mass is 9.79. The van der Waals surface area contributed by atoms with Crippen molar-refractivity contribution in [3.63, 3.8) is 0 Å². The summed E-state index contributed by atoms with van der Waals surface area (Å²) in [6, 6.07) is 9.15. The molecule has 1 atom stereocenters. The number of fused-ring (bicyclic) bond motifs is 1. The first-order valence-electron chi connectivity index (χ1n) is 9.37. The van der Waals surface area contributed by atoms with Gasteiger partial charge in [0, 0.05) is 11.4 Å². The molecule has 0 fully saturated rings. The highest BCUT2D eigenvalue weighted by molar-refractivity contribution is 7.92. The van der Waals surface area contributed by atoms with E-state index in [1.807, 2.05) is 6.92 Å². The van der Waals surface area contributed by atoms with Crippen molar-refractivity contribution in [1.29, 1.82) is 0 Å². The predicted molar refractivity (Wildman–Crippen MR) is 112 cm³/mol. The van der Waals surface area contributed by atoms with Crippen LogP contribution in [0.5, 0.6) is 0 Å². The maximum atomic E-state index is 13.1. The Labute approximate surface area is 170 Å². The third kappa shape index (κ3) is 4.55. The van der Waals surface area contributed by atoms with Gasteiger partial charge in [-0.05, 0) is 53.3 Å². The molecule has 10 heteroatoms. The zero-order valence-electron chi connectivity index (χ0n) is 16.1. The standard InChI is InChI=1S/C19H24BN3O5S/c1-2-3-4-15(19(22)24)16-9-13(21)6-8-18(16)29(26,27)23-14-7-5-12-11-28-20(25)17(12)10-14/h5-10,15,23,25H,2-4,11,21H2,1H3,(H2,22,24). The minimum absolute atomic E-state index is 0.0519. The Bertz CT molecular complexity index is 1030. The number of sulfonamides is 1. The van der Waals surface area contributed by atoms with Crippen LogP contribution in [-0.2, 0) is 26.1 Å². The molecular weight excluding hydrogens is 393 g/mol. The fourth-order valence-corrected chi connectivity index (χ4v) is 4.74. The van der Waals surface area contributed by atoms with Gasteiger partial charge in [-0.15, -0.1) is 0 Å². The van der Waals surface area contributed by atoms with Crippen LogP contribution in [0.15, 0.2) is 41.3 Å². The van der Waals surface area contributed by atoms with Crippen LogP contribution in [0.25, 0.3) is 0 Å². The van der Waals surface area contributed by atoms with E-state index in [2.05, 4.69) is 4.72 Å². The van der Waals surface area contributed by atoms with Gasteiger partial charge in [0.25, 0.3) is 10.0 Å². The van der Waals surface area contributed by atoms with E-state index in [4.69, 9.17) is 16.1 Å². The molecule has 2 aromatic carbocycles. The normalized spacial score (nSPS) is 14.5. The number of amides is 1. The van der Waals surface area contributed by atoms with Crippen molar-refractivity contribution in [3.05, 3.63) is 47.5 Å². The zero-order chi connectivity index (χ0) is 21.2. The minimum Gasteiger partial charge on any atom is -0.423 e. The van der Waals surface area contributed by atoms with Gasteiger partial charge in [0.1, 0.15) is 0 Å². The summed E-state index contributed by atoms with van der Waals surface area (Å²) in [5.41, 5.74) is 13.6. The first-order chi connectivity index (χ1) is 13.7. The van der Waals surface area contributed by atoms with Crippen molar-refractivity contribution >= 4 is 39.9 Å². The van der Waals surface area contributed by atoms with E-state index in [0.29, 0.717) is 17.6 Å². The van der Waals surface area contributed by atoms with Gasteiger partial charge in [-0.1, -0.05) is 25.8 Å². The maximum Gasteiger partial charge on any atom is 0.491 e. The van der Waals surface area contributed by atoms with Crippen LogP contribution in [0.1, 0.15) is 43.2 Å². The number of primary amides is 1. The second-order valence-electron chi connectivity index (χ2n) is 7.08. The Hall–Kier alpha value is -2.56. The molecule has 6 N–H and O–H groups in total. The molecule has 1 amide bonds. The monoisotopic (exact) mass is 417 g/mol. The molecule has 1 unspecified atom stereocenters. The molecule has 0 saturated heterocycles. The third-order valence-electron chi connectivity index (χ3n) is 4.95. The molecule has 0 bridgehead atoms. The number of unbranched alkanes of at least 4 members (excludes halogenated alkanes) is 1. The number of nitrogens with one attached hydrogen (secondary N) is 1. The van der Waals surface area contributed by atoms with E-state index in [1.165, 1.54) is 24.3 Å². The SMILES string of the molecule is CCCCC(C(N)=O)c1cc(N)ccc1S(=O)(=O)Nc1ccc2c(c1)B(O)OC2. The van der Waals surface area contributed by atoms with Crippen LogP contribution in [0, 0.1) is 0 Å². The van der Waals surface area contributed by atoms with E-state index in [9.17, 15) is 18.2 Å². The van der Waals surface area contributed by atoms with Crippen molar-refractivity contribution in [3.8, 4) is 0 Å². The van der Waals surface area contributed by atoms with E-state index >= 15 is 0 Å². The molecule has 3 rings (SSSR count). The van der Waals surface area contributed by atoms with Crippen LogP contribution in [0.3, 0.4) is 0 Å². The Morgan fingerprint density at radius 3 is 2.76 bits per heavy atom. The molecule has 0 aliphatic carbocycles. The molecular formula is C19H24BN3O5S. The molecule has 8 nitrogen and oxygen atoms in total. The second-order valence-corrected chi connectivity index (χ2v) is 8.73. The molecule has 2 aromatic rings. The van der Waals surface area contributed by atoms with Crippen molar-refractivity contribution in [2.75, 3.05) is 10.5 Å². The molecule has 1 heterocycles. The minimum atomic E-state index is -4.04. The van der Waals surface area contributed by atoms with E-state index < -0.39 is 29.0 Å². The Morgan fingerprint density at radius 1 is 1.31 bits per heavy atom. The van der Waals surface area contributed by atoms with Crippen LogP contribution in [0.4, 0.5) is 11.4 Å². The summed E-state index contributed by atoms with van der Waals surface area (Å²) in [5.74, 6) is -1.36. The Morgan fingerprint density at radius 2 is 2.07 bits per heavy atom. The second kappa shape index (κ2) is 8.44. The Kier molecular flexibility index (Phi) is 6.16. The number of hydrogen-bond acceptors (Lipinski definition) is 6. The van der Waals surface area contributed by atoms with Gasteiger partial charge in [0.15, 0.2) is 0 Å². The number of hydrogen-bond donors (Lipinski definition) is 4. The van der Waals surface area contributed by atoms with Crippen molar-refractivity contribution in [2.45, 2.75) is 43.6 Å². The fourth-order valence-electron chi connectivity index (χ4n) is 3.43. The van der Waals surface area contributed by atoms with Gasteiger partial charge >= 0.3 is 7.12 Å². The number of rotatable bonds is 8. The van der Waals surface area contributed by atoms with E-state index in [1.54, 1.807) is 12.1 Å². The van der Waals surface area contributed by atoms with Crippen LogP contribution >= 0.6 is 0 Å². The average molecular weight is 417 g/mol. The average Bonchev–Trinajstić information content (AvgIpc) is 3.02. The van der Waals surface area contributed by atoms with Crippen molar-refractivity contribution in [2.24, 2.45) is 5.73 Å². The molecule has 0 saturated carbocycles. The van der Waals surface area contributed by atoms with Gasteiger partial charge in [-0.25, -0.2) is 8.42 Å². The number of benzene rings is 2. The highest BCUT2D eigenvalue weighted by atomic mass is 32.2. The zero-order valence-corrected chi connectivity index (χ0v) is 16.9. The van der Waals surface area contributed by atoms with Gasteiger partial charge in [-0.2, -0.15) is 0 Å². The first kappa shape index (κ1) is 21.2. The predicted octanol–water partition coefficient (Wildman–Crippen LogP) is 1.05. The summed E-state index contributed by atoms with van der Waals surface area (Å²) in [7, 11) is -5.12. The fraction of sp³-hybridized carbons (Fsp3) is 0.316. The highest BCUT2D eigenvalue weighted by Crippen LogP contribution is 2.31. The summed E-state index contributed by atoms with van der Waals surface area (Å²) in [6.07, 6.45) is 1.99. The molecule has 0 aromatic heterocycles. The topological polar surface area (TPSA) is 145 Å². The number of nitrogens with two attached hydrogens (primary N) is 2. The van der Waals surface area contributed by atoms with E-state index in [0.717, 1.165) is 18.4 Å². The molecule has 0 spiro atoms. The van der Waals surface area contributed by atoms with Gasteiger partial charge in [0.2, 0.25) is 5.91 Å². The molecule has 0 radical (unpaired) electrons. The van der Waals surface area contributed by atoms with Crippen LogP contribution in [0.2, 0.25) is 0 Å². The highest BCUT2D eigenvalue weighted by Gasteiger charge is 2.30. The lowest BCUT2D eigenvalue weighted by Gasteiger charge is -2.19. The van der Waals surface area contributed by atoms with Crippen LogP contribution in [-0.4, -0.2) is 26.5 Å². The molecule has 29 heavy (non-hydrogen) atoms. The largest absolute Gasteiger partial charge is 0.491 e. The van der Waals surface area contributed by atoms with E-state index in [-0.39, 0.29) is 22.8 Å². The Balaban J connectivity index is 1.99. The maximum absolute atomic E-state index is 13.1. The van der Waals surface area contributed by atoms with Crippen LogP contribution < -0.4 is 21.7 Å². The number of carbonyl (C=O) groups is 1. The molecule has 1 aliphatic heterocycles. The lowest BCUT2D eigenvalue weighted by Crippen LogP contribution is -2.29. The summed E-state index contributed by atoms with van der Waals surface area (Å²) < 4.78 is 33.9. The number of carbonyl (C=O) groups excluding carboxylic acids is 1. The van der Waals surface area contributed by atoms with Gasteiger partial charge in [0.05, 0.1) is 17.4 Å². The van der Waals surface area contributed by atoms with Gasteiger partial charge < -0.3 is 21.1 Å². The van der Waals surface area contributed by atoms with Crippen molar-refractivity contribution in [1.82, 2.24) is 0 Å². The quantitative estimate of drug-likeness (QED) is 0.373. The summed E-state index contributed by atoms with van der Waals surface area (Å²) >= 11 is 0. The summed E-state index contributed by atoms with van der Waals surface area (Å²) in [6.45, 7) is 2.24. The summed E-state index contributed by atoms with van der Waals surface area (Å²) in [5, 5.41) is 9.85. The smallest absolute Gasteiger partial charge is 0.423 e. The first-order valence-corrected chi connectivity index (χ1v) is 10.8. The molecule has 154 valence electrons. The lowest BCUT2D eigenvalue weighted by molar-refractivity contribution is -0.119. The third-order valence-corrected chi connectivity index (χ3v) is 6.40. The van der Waals surface area contributed by atoms with Crippen molar-refractivity contribution < 1.29 is 22.9 Å². The molecule has 1 aliphatic rings. The van der Waals surface area contributed by atoms with Gasteiger partial charge in [-0.3, -0.25) is 9.52 Å². The number of nitrogen functional groups attached to an aromatic ring is 1. The number of anilines is 2. The summed E-state index contributed by atoms with van der Waals surface area (Å²) in [4.78, 5) is 12.0.